The summed E-state index contributed by atoms with van der Waals surface area (Å²) in [6, 6.07) is 2.59. The summed E-state index contributed by atoms with van der Waals surface area (Å²) in [6.07, 6.45) is 0. The molecule has 1 aromatic heterocycles. The van der Waals surface area contributed by atoms with Gasteiger partial charge in [-0.15, -0.1) is 0 Å². The molecule has 0 amide bonds. The molecule has 1 aliphatic rings. The number of aromatic nitrogens is 1. The number of ether oxygens (including phenoxy) is 1. The molecule has 1 aliphatic heterocycles. The second-order valence-corrected chi connectivity index (χ2v) is 5.04. The van der Waals surface area contributed by atoms with Crippen molar-refractivity contribution in [2.75, 3.05) is 39.9 Å². The van der Waals surface area contributed by atoms with Crippen molar-refractivity contribution in [3.63, 3.8) is 0 Å². The van der Waals surface area contributed by atoms with Gasteiger partial charge in [0.05, 0.1) is 12.3 Å². The Balaban J connectivity index is 1.80. The van der Waals surface area contributed by atoms with Crippen LogP contribution in [0.25, 0.3) is 0 Å². The maximum Gasteiger partial charge on any atom is 0.133 e. The summed E-state index contributed by atoms with van der Waals surface area (Å²) in [5.74, 6) is 0.886. The molecule has 2 heterocycles. The highest BCUT2D eigenvalue weighted by molar-refractivity contribution is 5.03. The van der Waals surface area contributed by atoms with Crippen LogP contribution >= 0.6 is 0 Å². The standard InChI is InChI=1S/C13H23N3O2/c1-11-9-15(4-5-16(11)6-7-17-3)10-13-8-12(2)18-14-13/h8,11H,4-7,9-10H2,1-3H3. The van der Waals surface area contributed by atoms with Crippen molar-refractivity contribution >= 4 is 0 Å². The molecule has 102 valence electrons. The summed E-state index contributed by atoms with van der Waals surface area (Å²) >= 11 is 0. The Labute approximate surface area is 109 Å². The van der Waals surface area contributed by atoms with E-state index in [1.807, 2.05) is 13.0 Å². The number of nitrogens with zero attached hydrogens (tertiary/aromatic N) is 3. The largest absolute Gasteiger partial charge is 0.383 e. The SMILES string of the molecule is COCCN1CCN(Cc2cc(C)on2)CC1C. The summed E-state index contributed by atoms with van der Waals surface area (Å²) in [5.41, 5.74) is 1.03. The zero-order valence-electron chi connectivity index (χ0n) is 11.6. The van der Waals surface area contributed by atoms with Gasteiger partial charge in [0.15, 0.2) is 0 Å². The number of aryl methyl sites for hydroxylation is 1. The fraction of sp³-hybridized carbons (Fsp3) is 0.769. The van der Waals surface area contributed by atoms with Crippen molar-refractivity contribution in [2.45, 2.75) is 26.4 Å². The van der Waals surface area contributed by atoms with Crippen LogP contribution in [0.3, 0.4) is 0 Å². The van der Waals surface area contributed by atoms with Crippen molar-refractivity contribution in [1.82, 2.24) is 15.0 Å². The van der Waals surface area contributed by atoms with Gasteiger partial charge in [0.1, 0.15) is 5.76 Å². The molecule has 0 aromatic carbocycles. The fourth-order valence-electron chi connectivity index (χ4n) is 2.48. The van der Waals surface area contributed by atoms with Crippen molar-refractivity contribution in [1.29, 1.82) is 0 Å². The Bertz CT molecular complexity index is 367. The zero-order chi connectivity index (χ0) is 13.0. The lowest BCUT2D eigenvalue weighted by Crippen LogP contribution is -2.52. The first-order valence-electron chi connectivity index (χ1n) is 6.56. The minimum atomic E-state index is 0.571. The predicted octanol–water partition coefficient (Wildman–Crippen LogP) is 1.14. The Morgan fingerprint density at radius 3 is 2.94 bits per heavy atom. The number of methoxy groups -OCH3 is 1. The summed E-state index contributed by atoms with van der Waals surface area (Å²) in [6.45, 7) is 10.2. The van der Waals surface area contributed by atoms with Gasteiger partial charge in [-0.25, -0.2) is 0 Å². The van der Waals surface area contributed by atoms with Crippen LogP contribution in [0.15, 0.2) is 10.6 Å². The Hall–Kier alpha value is -0.910. The highest BCUT2D eigenvalue weighted by atomic mass is 16.5. The van der Waals surface area contributed by atoms with Crippen molar-refractivity contribution in [3.05, 3.63) is 17.5 Å². The number of piperazine rings is 1. The van der Waals surface area contributed by atoms with Crippen LogP contribution in [0.1, 0.15) is 18.4 Å². The quantitative estimate of drug-likeness (QED) is 0.787. The molecular formula is C13H23N3O2. The fourth-order valence-corrected chi connectivity index (χ4v) is 2.48. The molecule has 1 fully saturated rings. The average Bonchev–Trinajstić information content (AvgIpc) is 2.74. The van der Waals surface area contributed by atoms with Gasteiger partial charge in [0.25, 0.3) is 0 Å². The molecule has 0 spiro atoms. The normalized spacial score (nSPS) is 22.5. The van der Waals surface area contributed by atoms with E-state index >= 15 is 0 Å². The van der Waals surface area contributed by atoms with Gasteiger partial charge in [-0.1, -0.05) is 5.16 Å². The first-order chi connectivity index (χ1) is 8.69. The van der Waals surface area contributed by atoms with Gasteiger partial charge in [-0.2, -0.15) is 0 Å². The first kappa shape index (κ1) is 13.5. The summed E-state index contributed by atoms with van der Waals surface area (Å²) < 4.78 is 10.2. The molecule has 0 N–H and O–H groups in total. The number of hydrogen-bond donors (Lipinski definition) is 0. The van der Waals surface area contributed by atoms with Crippen LogP contribution < -0.4 is 0 Å². The minimum Gasteiger partial charge on any atom is -0.383 e. The van der Waals surface area contributed by atoms with Crippen molar-refractivity contribution in [3.8, 4) is 0 Å². The van der Waals surface area contributed by atoms with Gasteiger partial charge in [0, 0.05) is 51.9 Å². The van der Waals surface area contributed by atoms with E-state index in [-0.39, 0.29) is 0 Å². The molecule has 2 rings (SSSR count). The van der Waals surface area contributed by atoms with E-state index in [9.17, 15) is 0 Å². The van der Waals surface area contributed by atoms with Gasteiger partial charge in [-0.05, 0) is 13.8 Å². The van der Waals surface area contributed by atoms with Crippen LogP contribution in [-0.4, -0.2) is 60.9 Å². The second kappa shape index (κ2) is 6.31. The van der Waals surface area contributed by atoms with E-state index in [0.29, 0.717) is 6.04 Å². The lowest BCUT2D eigenvalue weighted by atomic mass is 10.2. The van der Waals surface area contributed by atoms with Crippen LogP contribution in [0, 0.1) is 6.92 Å². The van der Waals surface area contributed by atoms with Crippen LogP contribution in [0.2, 0.25) is 0 Å². The molecule has 5 nitrogen and oxygen atoms in total. The Morgan fingerprint density at radius 2 is 2.33 bits per heavy atom. The molecule has 0 saturated carbocycles. The summed E-state index contributed by atoms with van der Waals surface area (Å²) in [7, 11) is 1.76. The smallest absolute Gasteiger partial charge is 0.133 e. The number of hydrogen-bond acceptors (Lipinski definition) is 5. The van der Waals surface area contributed by atoms with E-state index in [1.165, 1.54) is 0 Å². The molecule has 18 heavy (non-hydrogen) atoms. The molecular weight excluding hydrogens is 230 g/mol. The number of rotatable bonds is 5. The van der Waals surface area contributed by atoms with Crippen LogP contribution in [0.5, 0.6) is 0 Å². The van der Waals surface area contributed by atoms with E-state index in [1.54, 1.807) is 7.11 Å². The second-order valence-electron chi connectivity index (χ2n) is 5.04. The molecule has 5 heteroatoms. The monoisotopic (exact) mass is 253 g/mol. The maximum absolute atomic E-state index is 5.14. The third-order valence-electron chi connectivity index (χ3n) is 3.49. The zero-order valence-corrected chi connectivity index (χ0v) is 11.6. The Morgan fingerprint density at radius 1 is 1.50 bits per heavy atom. The lowest BCUT2D eigenvalue weighted by Gasteiger charge is -2.39. The van der Waals surface area contributed by atoms with E-state index in [4.69, 9.17) is 9.26 Å². The molecule has 0 radical (unpaired) electrons. The molecule has 0 aliphatic carbocycles. The highest BCUT2D eigenvalue weighted by Gasteiger charge is 2.23. The molecule has 0 bridgehead atoms. The van der Waals surface area contributed by atoms with E-state index < -0.39 is 0 Å². The van der Waals surface area contributed by atoms with Gasteiger partial charge >= 0.3 is 0 Å². The lowest BCUT2D eigenvalue weighted by molar-refractivity contribution is 0.0548. The van der Waals surface area contributed by atoms with Crippen LogP contribution in [-0.2, 0) is 11.3 Å². The van der Waals surface area contributed by atoms with Gasteiger partial charge in [-0.3, -0.25) is 9.80 Å². The molecule has 1 aromatic rings. The van der Waals surface area contributed by atoms with Crippen molar-refractivity contribution < 1.29 is 9.26 Å². The highest BCUT2D eigenvalue weighted by Crippen LogP contribution is 2.12. The van der Waals surface area contributed by atoms with E-state index in [0.717, 1.165) is 50.8 Å². The summed E-state index contributed by atoms with van der Waals surface area (Å²) in [4.78, 5) is 4.92. The maximum atomic E-state index is 5.14. The molecule has 1 unspecified atom stereocenters. The Kier molecular flexibility index (Phi) is 4.74. The molecule has 1 atom stereocenters. The first-order valence-corrected chi connectivity index (χ1v) is 6.56. The van der Waals surface area contributed by atoms with Crippen molar-refractivity contribution in [2.24, 2.45) is 0 Å². The third kappa shape index (κ3) is 3.54. The minimum absolute atomic E-state index is 0.571. The topological polar surface area (TPSA) is 41.7 Å². The average molecular weight is 253 g/mol. The summed E-state index contributed by atoms with van der Waals surface area (Å²) in [5, 5.41) is 4.05. The predicted molar refractivity (Wildman–Crippen MR) is 69.4 cm³/mol. The molecule has 1 saturated heterocycles. The van der Waals surface area contributed by atoms with Gasteiger partial charge < -0.3 is 9.26 Å². The van der Waals surface area contributed by atoms with Gasteiger partial charge in [0.2, 0.25) is 0 Å². The van der Waals surface area contributed by atoms with E-state index in [2.05, 4.69) is 21.9 Å². The third-order valence-corrected chi connectivity index (χ3v) is 3.49. The van der Waals surface area contributed by atoms with Crippen LogP contribution in [0.4, 0.5) is 0 Å².